The second-order valence-electron chi connectivity index (χ2n) is 6.76. The number of rotatable bonds is 2. The molecule has 1 aromatic rings. The van der Waals surface area contributed by atoms with Gasteiger partial charge in [0.1, 0.15) is 0 Å². The molecule has 1 aromatic carbocycles. The van der Waals surface area contributed by atoms with Crippen molar-refractivity contribution in [3.8, 4) is 0 Å². The molecule has 2 heteroatoms. The maximum absolute atomic E-state index is 6.20. The fraction of sp³-hybridized carbons (Fsp3) is 0.647. The van der Waals surface area contributed by atoms with Crippen LogP contribution in [-0.4, -0.2) is 11.6 Å². The highest BCUT2D eigenvalue weighted by Crippen LogP contribution is 2.29. The molecule has 2 nitrogen and oxygen atoms in total. The first-order chi connectivity index (χ1) is 9.12. The van der Waals surface area contributed by atoms with Crippen LogP contribution in [0.4, 0.5) is 5.69 Å². The normalized spacial score (nSPS) is 30.7. The Labute approximate surface area is 116 Å². The summed E-state index contributed by atoms with van der Waals surface area (Å²) in [7, 11) is 0. The first kappa shape index (κ1) is 13.0. The number of anilines is 1. The van der Waals surface area contributed by atoms with Crippen LogP contribution in [0.25, 0.3) is 0 Å². The number of aryl methyl sites for hydroxylation is 2. The fourth-order valence-electron chi connectivity index (χ4n) is 3.48. The molecular formula is C17H26N2. The van der Waals surface area contributed by atoms with E-state index in [1.54, 1.807) is 11.1 Å². The summed E-state index contributed by atoms with van der Waals surface area (Å²) in [6.45, 7) is 2.18. The summed E-state index contributed by atoms with van der Waals surface area (Å²) < 4.78 is 0. The van der Waals surface area contributed by atoms with Crippen molar-refractivity contribution in [1.82, 2.24) is 0 Å². The Bertz CT molecular complexity index is 441. The van der Waals surface area contributed by atoms with Gasteiger partial charge in [-0.25, -0.2) is 0 Å². The molecule has 3 N–H and O–H groups in total. The van der Waals surface area contributed by atoms with E-state index < -0.39 is 0 Å². The maximum atomic E-state index is 6.20. The zero-order valence-corrected chi connectivity index (χ0v) is 12.0. The van der Waals surface area contributed by atoms with Crippen LogP contribution < -0.4 is 11.1 Å². The third kappa shape index (κ3) is 3.11. The molecule has 0 spiro atoms. The van der Waals surface area contributed by atoms with Crippen LogP contribution in [0.2, 0.25) is 0 Å². The molecule has 0 amide bonds. The number of hydrogen-bond donors (Lipinski definition) is 2. The van der Waals surface area contributed by atoms with E-state index >= 15 is 0 Å². The van der Waals surface area contributed by atoms with E-state index in [0.29, 0.717) is 6.04 Å². The quantitative estimate of drug-likeness (QED) is 0.850. The van der Waals surface area contributed by atoms with Gasteiger partial charge in [-0.2, -0.15) is 0 Å². The molecule has 0 atom stereocenters. The molecule has 0 radical (unpaired) electrons. The lowest BCUT2D eigenvalue weighted by molar-refractivity contribution is 0.305. The lowest BCUT2D eigenvalue weighted by atomic mass is 9.81. The smallest absolute Gasteiger partial charge is 0.0345 e. The predicted molar refractivity (Wildman–Crippen MR) is 81.6 cm³/mol. The van der Waals surface area contributed by atoms with Gasteiger partial charge in [0.05, 0.1) is 0 Å². The number of nitrogens with one attached hydrogen (secondary N) is 1. The van der Waals surface area contributed by atoms with Crippen LogP contribution in [0.15, 0.2) is 18.2 Å². The molecule has 2 aliphatic carbocycles. The summed E-state index contributed by atoms with van der Waals surface area (Å²) >= 11 is 0. The van der Waals surface area contributed by atoms with Gasteiger partial charge >= 0.3 is 0 Å². The molecule has 0 bridgehead atoms. The molecule has 19 heavy (non-hydrogen) atoms. The van der Waals surface area contributed by atoms with E-state index in [0.717, 1.165) is 12.8 Å². The first-order valence-corrected chi connectivity index (χ1v) is 7.80. The Morgan fingerprint density at radius 1 is 1.11 bits per heavy atom. The van der Waals surface area contributed by atoms with Gasteiger partial charge in [0.15, 0.2) is 0 Å². The molecular weight excluding hydrogens is 232 g/mol. The van der Waals surface area contributed by atoms with Gasteiger partial charge < -0.3 is 11.1 Å². The number of hydrogen-bond acceptors (Lipinski definition) is 2. The van der Waals surface area contributed by atoms with Crippen molar-refractivity contribution in [1.29, 1.82) is 0 Å². The minimum absolute atomic E-state index is 0.0635. The van der Waals surface area contributed by atoms with Crippen LogP contribution in [0.5, 0.6) is 0 Å². The monoisotopic (exact) mass is 258 g/mol. The Morgan fingerprint density at radius 3 is 2.53 bits per heavy atom. The van der Waals surface area contributed by atoms with Gasteiger partial charge in [-0.1, -0.05) is 6.07 Å². The summed E-state index contributed by atoms with van der Waals surface area (Å²) in [5.74, 6) is 0. The highest BCUT2D eigenvalue weighted by Gasteiger charge is 2.27. The van der Waals surface area contributed by atoms with E-state index in [2.05, 4.69) is 30.4 Å². The van der Waals surface area contributed by atoms with E-state index in [4.69, 9.17) is 5.73 Å². The summed E-state index contributed by atoms with van der Waals surface area (Å²) in [6.07, 6.45) is 9.91. The largest absolute Gasteiger partial charge is 0.382 e. The van der Waals surface area contributed by atoms with E-state index in [1.807, 2.05) is 0 Å². The Morgan fingerprint density at radius 2 is 1.79 bits per heavy atom. The molecule has 104 valence electrons. The van der Waals surface area contributed by atoms with Crippen molar-refractivity contribution in [2.24, 2.45) is 5.73 Å². The van der Waals surface area contributed by atoms with E-state index in [9.17, 15) is 0 Å². The van der Waals surface area contributed by atoms with Crippen LogP contribution in [0, 0.1) is 0 Å². The average molecular weight is 258 g/mol. The molecule has 3 rings (SSSR count). The number of nitrogens with two attached hydrogens (primary N) is 1. The SMILES string of the molecule is CC1(N)CCC(Nc2ccc3c(c2)CCCC3)CC1. The van der Waals surface area contributed by atoms with Crippen LogP contribution in [0.1, 0.15) is 56.6 Å². The molecule has 0 unspecified atom stereocenters. The van der Waals surface area contributed by atoms with Gasteiger partial charge in [-0.05, 0) is 81.5 Å². The lowest BCUT2D eigenvalue weighted by Gasteiger charge is -2.35. The summed E-state index contributed by atoms with van der Waals surface area (Å²) in [5, 5.41) is 3.71. The van der Waals surface area contributed by atoms with E-state index in [1.165, 1.54) is 44.2 Å². The third-order valence-electron chi connectivity index (χ3n) is 4.85. The fourth-order valence-corrected chi connectivity index (χ4v) is 3.48. The van der Waals surface area contributed by atoms with Gasteiger partial charge in [0.25, 0.3) is 0 Å². The van der Waals surface area contributed by atoms with Gasteiger partial charge in [0.2, 0.25) is 0 Å². The van der Waals surface area contributed by atoms with Crippen LogP contribution in [0.3, 0.4) is 0 Å². The average Bonchev–Trinajstić information content (AvgIpc) is 2.41. The highest BCUT2D eigenvalue weighted by molar-refractivity contribution is 5.50. The highest BCUT2D eigenvalue weighted by atomic mass is 14.9. The molecule has 0 aromatic heterocycles. The second kappa shape index (κ2) is 5.16. The van der Waals surface area contributed by atoms with Crippen molar-refractivity contribution in [3.63, 3.8) is 0 Å². The first-order valence-electron chi connectivity index (χ1n) is 7.80. The van der Waals surface area contributed by atoms with Crippen molar-refractivity contribution in [2.75, 3.05) is 5.32 Å². The topological polar surface area (TPSA) is 38.0 Å². The van der Waals surface area contributed by atoms with Crippen molar-refractivity contribution in [3.05, 3.63) is 29.3 Å². The van der Waals surface area contributed by atoms with Crippen molar-refractivity contribution in [2.45, 2.75) is 69.9 Å². The molecule has 2 aliphatic rings. The second-order valence-corrected chi connectivity index (χ2v) is 6.76. The summed E-state index contributed by atoms with van der Waals surface area (Å²) in [6, 6.07) is 7.58. The molecule has 1 fully saturated rings. The third-order valence-corrected chi connectivity index (χ3v) is 4.85. The van der Waals surface area contributed by atoms with E-state index in [-0.39, 0.29) is 5.54 Å². The van der Waals surface area contributed by atoms with Crippen LogP contribution in [-0.2, 0) is 12.8 Å². The molecule has 1 saturated carbocycles. The molecule has 0 saturated heterocycles. The zero-order valence-electron chi connectivity index (χ0n) is 12.0. The molecule has 0 aliphatic heterocycles. The molecule has 0 heterocycles. The van der Waals surface area contributed by atoms with Gasteiger partial charge in [-0.3, -0.25) is 0 Å². The summed E-state index contributed by atoms with van der Waals surface area (Å²) in [4.78, 5) is 0. The van der Waals surface area contributed by atoms with Crippen molar-refractivity contribution < 1.29 is 0 Å². The van der Waals surface area contributed by atoms with Crippen molar-refractivity contribution >= 4 is 5.69 Å². The Kier molecular flexibility index (Phi) is 3.53. The minimum atomic E-state index is 0.0635. The lowest BCUT2D eigenvalue weighted by Crippen LogP contribution is -2.42. The zero-order chi connectivity index (χ0) is 13.3. The minimum Gasteiger partial charge on any atom is -0.382 e. The van der Waals surface area contributed by atoms with Gasteiger partial charge in [-0.15, -0.1) is 0 Å². The summed E-state index contributed by atoms with van der Waals surface area (Å²) in [5.41, 5.74) is 10.7. The standard InChI is InChI=1S/C17H26N2/c1-17(18)10-8-15(9-11-17)19-16-7-6-13-4-2-3-5-14(13)12-16/h6-7,12,15,19H,2-5,8-11,18H2,1H3. The Hall–Kier alpha value is -1.02. The number of benzene rings is 1. The Balaban J connectivity index is 1.64. The van der Waals surface area contributed by atoms with Crippen LogP contribution >= 0.6 is 0 Å². The number of fused-ring (bicyclic) bond motifs is 1. The maximum Gasteiger partial charge on any atom is 0.0345 e. The predicted octanol–water partition coefficient (Wildman–Crippen LogP) is 3.64. The van der Waals surface area contributed by atoms with Gasteiger partial charge in [0, 0.05) is 17.3 Å².